The van der Waals surface area contributed by atoms with Gasteiger partial charge in [-0.3, -0.25) is 0 Å². The fourth-order valence-corrected chi connectivity index (χ4v) is 2.37. The summed E-state index contributed by atoms with van der Waals surface area (Å²) < 4.78 is 0. The van der Waals surface area contributed by atoms with E-state index in [1.165, 1.54) is 0 Å². The largest absolute Gasteiger partial charge is 0.353 e. The Hall–Kier alpha value is -1.40. The predicted octanol–water partition coefficient (Wildman–Crippen LogP) is 1.49. The lowest BCUT2D eigenvalue weighted by molar-refractivity contribution is 0.372. The summed E-state index contributed by atoms with van der Waals surface area (Å²) in [5.41, 5.74) is 2.64. The maximum atomic E-state index is 5.52. The number of hydrogen-bond donors (Lipinski definition) is 2. The van der Waals surface area contributed by atoms with Gasteiger partial charge in [0.2, 0.25) is 0 Å². The molecule has 0 radical (unpaired) electrons. The molecule has 0 amide bonds. The first kappa shape index (κ1) is 16.7. The van der Waals surface area contributed by atoms with Crippen LogP contribution in [0.15, 0.2) is 6.07 Å². The van der Waals surface area contributed by atoms with Gasteiger partial charge in [0.15, 0.2) is 0 Å². The lowest BCUT2D eigenvalue weighted by Gasteiger charge is -2.31. The fourth-order valence-electron chi connectivity index (χ4n) is 2.37. The van der Waals surface area contributed by atoms with E-state index in [-0.39, 0.29) is 0 Å². The number of rotatable bonds is 8. The van der Waals surface area contributed by atoms with Crippen molar-refractivity contribution in [2.24, 2.45) is 5.84 Å². The summed E-state index contributed by atoms with van der Waals surface area (Å²) in [4.78, 5) is 13.5. The molecule has 1 rings (SSSR count). The summed E-state index contributed by atoms with van der Waals surface area (Å²) in [5, 5.41) is 0. The average Bonchev–Trinajstić information content (AvgIpc) is 2.38. The summed E-state index contributed by atoms with van der Waals surface area (Å²) >= 11 is 0. The summed E-state index contributed by atoms with van der Waals surface area (Å²) in [6, 6.07) is 2.29. The van der Waals surface area contributed by atoms with Gasteiger partial charge in [0.05, 0.1) is 0 Å². The van der Waals surface area contributed by atoms with Gasteiger partial charge >= 0.3 is 0 Å². The number of hydrogen-bond acceptors (Lipinski definition) is 6. The Bertz CT molecular complexity index is 407. The van der Waals surface area contributed by atoms with Gasteiger partial charge in [-0.05, 0) is 34.4 Å². The maximum Gasteiger partial charge on any atom is 0.145 e. The topological polar surface area (TPSA) is 70.3 Å². The zero-order valence-corrected chi connectivity index (χ0v) is 13.3. The zero-order chi connectivity index (χ0) is 15.1. The molecule has 1 atom stereocenters. The summed E-state index contributed by atoms with van der Waals surface area (Å²) in [5.74, 6) is 7.97. The molecule has 0 bridgehead atoms. The van der Waals surface area contributed by atoms with Crippen molar-refractivity contribution < 1.29 is 0 Å². The highest BCUT2D eigenvalue weighted by atomic mass is 15.3. The number of nitrogens with two attached hydrogens (primary N) is 1. The Morgan fingerprint density at radius 3 is 2.50 bits per heavy atom. The molecule has 1 heterocycles. The van der Waals surface area contributed by atoms with Crippen molar-refractivity contribution in [2.75, 3.05) is 37.5 Å². The van der Waals surface area contributed by atoms with Crippen molar-refractivity contribution in [3.63, 3.8) is 0 Å². The third-order valence-electron chi connectivity index (χ3n) is 3.18. The molecule has 1 aromatic rings. The number of likely N-dealkylation sites (N-methyl/N-ethyl adjacent to an activating group) is 2. The molecule has 0 aliphatic carbocycles. The molecule has 0 aromatic carbocycles. The van der Waals surface area contributed by atoms with Crippen molar-refractivity contribution in [2.45, 2.75) is 39.7 Å². The lowest BCUT2D eigenvalue weighted by Crippen LogP contribution is -2.40. The third-order valence-corrected chi connectivity index (χ3v) is 3.18. The van der Waals surface area contributed by atoms with Crippen LogP contribution in [0.3, 0.4) is 0 Å². The number of aryl methyl sites for hydroxylation is 1. The molecular formula is C14H28N6. The minimum absolute atomic E-state index is 0.380. The van der Waals surface area contributed by atoms with E-state index in [4.69, 9.17) is 5.84 Å². The Labute approximate surface area is 122 Å². The standard InChI is InChI=1S/C14H28N6/c1-6-8-12-16-13(18-15)9-14(17-12)20(7-2)11(3)10-19(4)5/h9,11H,6-8,10,15H2,1-5H3,(H,16,17,18). The van der Waals surface area contributed by atoms with Crippen LogP contribution in [0, 0.1) is 0 Å². The summed E-state index contributed by atoms with van der Waals surface area (Å²) in [7, 11) is 4.17. The van der Waals surface area contributed by atoms with E-state index in [0.29, 0.717) is 11.9 Å². The molecule has 1 unspecified atom stereocenters. The van der Waals surface area contributed by atoms with Crippen LogP contribution in [-0.2, 0) is 6.42 Å². The monoisotopic (exact) mass is 280 g/mol. The first-order valence-corrected chi connectivity index (χ1v) is 7.27. The lowest BCUT2D eigenvalue weighted by atomic mass is 10.2. The van der Waals surface area contributed by atoms with Crippen LogP contribution in [0.1, 0.15) is 33.0 Å². The van der Waals surface area contributed by atoms with Gasteiger partial charge in [-0.15, -0.1) is 0 Å². The molecule has 0 aliphatic heterocycles. The van der Waals surface area contributed by atoms with Gasteiger partial charge in [-0.1, -0.05) is 6.92 Å². The van der Waals surface area contributed by atoms with Gasteiger partial charge in [0.25, 0.3) is 0 Å². The molecule has 0 fully saturated rings. The van der Waals surface area contributed by atoms with E-state index in [9.17, 15) is 0 Å². The summed E-state index contributed by atoms with van der Waals surface area (Å²) in [6.45, 7) is 8.36. The van der Waals surface area contributed by atoms with Crippen molar-refractivity contribution in [3.8, 4) is 0 Å². The smallest absolute Gasteiger partial charge is 0.145 e. The minimum Gasteiger partial charge on any atom is -0.353 e. The number of aromatic nitrogens is 2. The second-order valence-electron chi connectivity index (χ2n) is 5.32. The maximum absolute atomic E-state index is 5.52. The van der Waals surface area contributed by atoms with Crippen LogP contribution in [0.2, 0.25) is 0 Å². The molecule has 114 valence electrons. The number of nitrogen functional groups attached to an aromatic ring is 1. The van der Waals surface area contributed by atoms with Crippen molar-refractivity contribution in [1.29, 1.82) is 0 Å². The second-order valence-corrected chi connectivity index (χ2v) is 5.32. The third kappa shape index (κ3) is 4.61. The van der Waals surface area contributed by atoms with Crippen LogP contribution in [0.25, 0.3) is 0 Å². The first-order valence-electron chi connectivity index (χ1n) is 7.27. The quantitative estimate of drug-likeness (QED) is 0.555. The molecule has 6 nitrogen and oxygen atoms in total. The molecule has 1 aromatic heterocycles. The molecular weight excluding hydrogens is 252 g/mol. The normalized spacial score (nSPS) is 12.6. The Morgan fingerprint density at radius 1 is 1.30 bits per heavy atom. The van der Waals surface area contributed by atoms with Crippen molar-refractivity contribution >= 4 is 11.6 Å². The molecule has 0 aliphatic rings. The van der Waals surface area contributed by atoms with Crippen LogP contribution in [0.4, 0.5) is 11.6 Å². The molecule has 20 heavy (non-hydrogen) atoms. The number of nitrogens with one attached hydrogen (secondary N) is 1. The van der Waals surface area contributed by atoms with E-state index in [0.717, 1.165) is 37.6 Å². The van der Waals surface area contributed by atoms with Crippen LogP contribution >= 0.6 is 0 Å². The highest BCUT2D eigenvalue weighted by Gasteiger charge is 2.16. The van der Waals surface area contributed by atoms with Crippen LogP contribution in [0.5, 0.6) is 0 Å². The zero-order valence-electron chi connectivity index (χ0n) is 13.3. The Morgan fingerprint density at radius 2 is 2.00 bits per heavy atom. The number of hydrazine groups is 1. The first-order chi connectivity index (χ1) is 9.51. The predicted molar refractivity (Wildman–Crippen MR) is 84.9 cm³/mol. The Balaban J connectivity index is 3.03. The highest BCUT2D eigenvalue weighted by molar-refractivity contribution is 5.49. The fraction of sp³-hybridized carbons (Fsp3) is 0.714. The van der Waals surface area contributed by atoms with E-state index in [2.05, 4.69) is 60.1 Å². The van der Waals surface area contributed by atoms with E-state index in [1.54, 1.807) is 0 Å². The molecule has 0 saturated carbocycles. The van der Waals surface area contributed by atoms with Gasteiger partial charge in [-0.2, -0.15) is 0 Å². The summed E-state index contributed by atoms with van der Waals surface area (Å²) in [6.07, 6.45) is 1.88. The van der Waals surface area contributed by atoms with E-state index >= 15 is 0 Å². The van der Waals surface area contributed by atoms with Crippen molar-refractivity contribution in [3.05, 3.63) is 11.9 Å². The van der Waals surface area contributed by atoms with Gasteiger partial charge in [0.1, 0.15) is 17.5 Å². The van der Waals surface area contributed by atoms with E-state index in [1.807, 2.05) is 6.07 Å². The highest BCUT2D eigenvalue weighted by Crippen LogP contribution is 2.18. The number of anilines is 2. The van der Waals surface area contributed by atoms with Gasteiger partial charge in [0, 0.05) is 31.6 Å². The van der Waals surface area contributed by atoms with Crippen LogP contribution < -0.4 is 16.2 Å². The van der Waals surface area contributed by atoms with Gasteiger partial charge in [-0.25, -0.2) is 15.8 Å². The second kappa shape index (κ2) is 8.01. The molecule has 0 spiro atoms. The SMILES string of the molecule is CCCc1nc(NN)cc(N(CC)C(C)CN(C)C)n1. The van der Waals surface area contributed by atoms with Crippen molar-refractivity contribution in [1.82, 2.24) is 14.9 Å². The van der Waals surface area contributed by atoms with E-state index < -0.39 is 0 Å². The number of nitrogens with zero attached hydrogens (tertiary/aromatic N) is 4. The molecule has 6 heteroatoms. The minimum atomic E-state index is 0.380. The van der Waals surface area contributed by atoms with Gasteiger partial charge < -0.3 is 15.2 Å². The Kier molecular flexibility index (Phi) is 6.67. The molecule has 3 N–H and O–H groups in total. The molecule has 0 saturated heterocycles. The average molecular weight is 280 g/mol. The van der Waals surface area contributed by atoms with Crippen LogP contribution in [-0.4, -0.2) is 48.1 Å².